The van der Waals surface area contributed by atoms with Gasteiger partial charge in [0.05, 0.1) is 36.5 Å². The minimum absolute atomic E-state index is 0.000623. The number of sulfonamides is 1. The molecule has 188 valence electrons. The van der Waals surface area contributed by atoms with E-state index in [1.54, 1.807) is 15.6 Å². The Balaban J connectivity index is 1.51. The summed E-state index contributed by atoms with van der Waals surface area (Å²) in [5, 5.41) is 10.8. The van der Waals surface area contributed by atoms with E-state index < -0.39 is 10.0 Å². The normalized spacial score (nSPS) is 18.4. The van der Waals surface area contributed by atoms with E-state index in [1.807, 2.05) is 24.3 Å². The van der Waals surface area contributed by atoms with Gasteiger partial charge in [-0.05, 0) is 30.2 Å². The smallest absolute Gasteiger partial charge is 0.211 e. The molecule has 10 heteroatoms. The first-order valence-electron chi connectivity index (χ1n) is 12.0. The standard InChI is InChI=1S/C25H32N4O4S2/c1-18-21-15-22(20-5-3-4-19(14-20)17-30)26-25(28-10-12-33-13-11-28)24(21)34-23(18)16-27-6-8-29(9-7-27)35(2,31)32/h3-5,14-15,30H,6-13,16-17H2,1-2H3. The Morgan fingerprint density at radius 2 is 1.83 bits per heavy atom. The van der Waals surface area contributed by atoms with Crippen molar-refractivity contribution >= 4 is 37.3 Å². The highest BCUT2D eigenvalue weighted by Crippen LogP contribution is 2.40. The van der Waals surface area contributed by atoms with Crippen LogP contribution in [-0.2, 0) is 27.9 Å². The molecule has 1 aromatic carbocycles. The Morgan fingerprint density at radius 3 is 2.51 bits per heavy atom. The maximum absolute atomic E-state index is 11.9. The first kappa shape index (κ1) is 24.6. The van der Waals surface area contributed by atoms with Crippen LogP contribution in [0.2, 0.25) is 0 Å². The zero-order chi connectivity index (χ0) is 24.6. The summed E-state index contributed by atoms with van der Waals surface area (Å²) in [6.45, 7) is 8.51. The monoisotopic (exact) mass is 516 g/mol. The van der Waals surface area contributed by atoms with Gasteiger partial charge in [-0.25, -0.2) is 13.4 Å². The highest BCUT2D eigenvalue weighted by Gasteiger charge is 2.26. The van der Waals surface area contributed by atoms with Crippen LogP contribution in [0, 0.1) is 6.92 Å². The summed E-state index contributed by atoms with van der Waals surface area (Å²) in [6, 6.07) is 10.1. The second-order valence-electron chi connectivity index (χ2n) is 9.25. The number of thiophene rings is 1. The van der Waals surface area contributed by atoms with Crippen molar-refractivity contribution in [3.63, 3.8) is 0 Å². The fourth-order valence-corrected chi connectivity index (χ4v) is 6.96. The Hall–Kier alpha value is -2.08. The molecule has 0 amide bonds. The van der Waals surface area contributed by atoms with Crippen molar-refractivity contribution in [3.8, 4) is 11.3 Å². The van der Waals surface area contributed by atoms with Crippen LogP contribution in [0.25, 0.3) is 21.3 Å². The minimum Gasteiger partial charge on any atom is -0.392 e. The highest BCUT2D eigenvalue weighted by molar-refractivity contribution is 7.88. The molecule has 0 aliphatic carbocycles. The van der Waals surface area contributed by atoms with E-state index in [4.69, 9.17) is 9.72 Å². The molecule has 2 aromatic heterocycles. The third-order valence-electron chi connectivity index (χ3n) is 6.89. The molecule has 0 atom stereocenters. The van der Waals surface area contributed by atoms with Gasteiger partial charge in [-0.3, -0.25) is 4.90 Å². The van der Waals surface area contributed by atoms with Crippen LogP contribution in [0.15, 0.2) is 30.3 Å². The third kappa shape index (κ3) is 5.23. The predicted molar refractivity (Wildman–Crippen MR) is 140 cm³/mol. The number of rotatable bonds is 6. The van der Waals surface area contributed by atoms with Gasteiger partial charge in [-0.2, -0.15) is 4.31 Å². The van der Waals surface area contributed by atoms with Gasteiger partial charge in [-0.1, -0.05) is 18.2 Å². The van der Waals surface area contributed by atoms with E-state index >= 15 is 0 Å². The summed E-state index contributed by atoms with van der Waals surface area (Å²) < 4.78 is 32.1. The van der Waals surface area contributed by atoms with Crippen molar-refractivity contribution < 1.29 is 18.3 Å². The number of hydrogen-bond acceptors (Lipinski definition) is 8. The molecule has 0 spiro atoms. The van der Waals surface area contributed by atoms with Gasteiger partial charge < -0.3 is 14.7 Å². The van der Waals surface area contributed by atoms with Crippen LogP contribution in [0.5, 0.6) is 0 Å². The fourth-order valence-electron chi connectivity index (χ4n) is 4.79. The summed E-state index contributed by atoms with van der Waals surface area (Å²) in [5.74, 6) is 0.997. The number of piperazine rings is 1. The Kier molecular flexibility index (Phi) is 7.11. The van der Waals surface area contributed by atoms with Crippen LogP contribution in [0.4, 0.5) is 5.82 Å². The van der Waals surface area contributed by atoms with Crippen molar-refractivity contribution in [2.45, 2.75) is 20.1 Å². The molecule has 0 radical (unpaired) electrons. The first-order chi connectivity index (χ1) is 16.8. The number of pyridine rings is 1. The van der Waals surface area contributed by atoms with Crippen molar-refractivity contribution in [2.24, 2.45) is 0 Å². The lowest BCUT2D eigenvalue weighted by atomic mass is 10.0. The van der Waals surface area contributed by atoms with Crippen LogP contribution in [-0.4, -0.2) is 86.5 Å². The molecule has 1 N–H and O–H groups in total. The van der Waals surface area contributed by atoms with E-state index in [9.17, 15) is 13.5 Å². The second-order valence-corrected chi connectivity index (χ2v) is 12.3. The van der Waals surface area contributed by atoms with E-state index in [-0.39, 0.29) is 6.61 Å². The maximum atomic E-state index is 11.9. The number of nitrogens with zero attached hydrogens (tertiary/aromatic N) is 4. The zero-order valence-corrected chi connectivity index (χ0v) is 21.9. The molecule has 0 bridgehead atoms. The van der Waals surface area contributed by atoms with Crippen LogP contribution in [0.1, 0.15) is 16.0 Å². The molecule has 2 fully saturated rings. The minimum atomic E-state index is -3.14. The maximum Gasteiger partial charge on any atom is 0.211 e. The highest BCUT2D eigenvalue weighted by atomic mass is 32.2. The van der Waals surface area contributed by atoms with Gasteiger partial charge >= 0.3 is 0 Å². The third-order valence-corrected chi connectivity index (χ3v) is 9.48. The molecule has 0 saturated carbocycles. The number of morpholine rings is 1. The van der Waals surface area contributed by atoms with Gasteiger partial charge in [0.2, 0.25) is 10.0 Å². The molecule has 4 heterocycles. The second kappa shape index (κ2) is 10.1. The summed E-state index contributed by atoms with van der Waals surface area (Å²) in [6.07, 6.45) is 1.28. The number of aryl methyl sites for hydroxylation is 1. The number of aliphatic hydroxyl groups excluding tert-OH is 1. The average Bonchev–Trinajstić information content (AvgIpc) is 3.18. The van der Waals surface area contributed by atoms with Crippen LogP contribution < -0.4 is 4.90 Å². The van der Waals surface area contributed by atoms with Gasteiger partial charge in [0.1, 0.15) is 5.82 Å². The van der Waals surface area contributed by atoms with Crippen molar-refractivity contribution in [2.75, 3.05) is 63.6 Å². The molecular weight excluding hydrogens is 484 g/mol. The predicted octanol–water partition coefficient (Wildman–Crippen LogP) is 2.68. The molecule has 2 aliphatic rings. The van der Waals surface area contributed by atoms with Crippen molar-refractivity contribution in [3.05, 3.63) is 46.3 Å². The van der Waals surface area contributed by atoms with E-state index in [0.717, 1.165) is 55.4 Å². The lowest BCUT2D eigenvalue weighted by Gasteiger charge is -2.33. The van der Waals surface area contributed by atoms with Crippen LogP contribution >= 0.6 is 11.3 Å². The van der Waals surface area contributed by atoms with Crippen LogP contribution in [0.3, 0.4) is 0 Å². The molecule has 5 rings (SSSR count). The number of anilines is 1. The number of ether oxygens (including phenoxy) is 1. The van der Waals surface area contributed by atoms with Crippen molar-refractivity contribution in [1.29, 1.82) is 0 Å². The lowest BCUT2D eigenvalue weighted by Crippen LogP contribution is -2.47. The SMILES string of the molecule is Cc1c(CN2CCN(S(C)(=O)=O)CC2)sc2c(N3CCOCC3)nc(-c3cccc(CO)c3)cc12. The van der Waals surface area contributed by atoms with Gasteiger partial charge in [0.25, 0.3) is 0 Å². The first-order valence-corrected chi connectivity index (χ1v) is 14.6. The largest absolute Gasteiger partial charge is 0.392 e. The number of hydrogen-bond donors (Lipinski definition) is 1. The topological polar surface area (TPSA) is 86.2 Å². The Labute approximate surface area is 210 Å². The van der Waals surface area contributed by atoms with E-state index in [1.165, 1.54) is 26.8 Å². The molecular formula is C25H32N4O4S2. The number of aliphatic hydroxyl groups is 1. The molecule has 0 unspecified atom stereocenters. The number of fused-ring (bicyclic) bond motifs is 1. The molecule has 2 saturated heterocycles. The van der Waals surface area contributed by atoms with Gasteiger partial charge in [0, 0.05) is 61.6 Å². The zero-order valence-electron chi connectivity index (χ0n) is 20.2. The summed E-state index contributed by atoms with van der Waals surface area (Å²) in [7, 11) is -3.14. The van der Waals surface area contributed by atoms with Gasteiger partial charge in [-0.15, -0.1) is 11.3 Å². The molecule has 2 aliphatic heterocycles. The van der Waals surface area contributed by atoms with Crippen molar-refractivity contribution in [1.82, 2.24) is 14.2 Å². The molecule has 8 nitrogen and oxygen atoms in total. The Morgan fingerprint density at radius 1 is 1.09 bits per heavy atom. The average molecular weight is 517 g/mol. The number of aromatic nitrogens is 1. The number of benzene rings is 1. The Bertz CT molecular complexity index is 1310. The van der Waals surface area contributed by atoms with E-state index in [2.05, 4.69) is 22.8 Å². The lowest BCUT2D eigenvalue weighted by molar-refractivity contribution is 0.122. The fraction of sp³-hybridized carbons (Fsp3) is 0.480. The quantitative estimate of drug-likeness (QED) is 0.539. The summed E-state index contributed by atoms with van der Waals surface area (Å²) in [4.78, 5) is 11.1. The summed E-state index contributed by atoms with van der Waals surface area (Å²) in [5.41, 5.74) is 4.03. The molecule has 35 heavy (non-hydrogen) atoms. The summed E-state index contributed by atoms with van der Waals surface area (Å²) >= 11 is 1.80. The van der Waals surface area contributed by atoms with Gasteiger partial charge in [0.15, 0.2) is 0 Å². The molecule has 3 aromatic rings. The van der Waals surface area contributed by atoms with E-state index in [0.29, 0.717) is 26.3 Å².